The van der Waals surface area contributed by atoms with Crippen LogP contribution in [-0.4, -0.2) is 44.2 Å². The van der Waals surface area contributed by atoms with Crippen molar-refractivity contribution in [2.24, 2.45) is 5.92 Å². The fraction of sp³-hybridized carbons (Fsp3) is 0.611. The van der Waals surface area contributed by atoms with Gasteiger partial charge in [0.2, 0.25) is 5.91 Å². The summed E-state index contributed by atoms with van der Waals surface area (Å²) in [5.74, 6) is 2.31. The second-order valence-electron chi connectivity index (χ2n) is 6.51. The maximum atomic E-state index is 11.8. The van der Waals surface area contributed by atoms with E-state index < -0.39 is 0 Å². The number of benzene rings is 1. The van der Waals surface area contributed by atoms with E-state index in [4.69, 9.17) is 9.47 Å². The van der Waals surface area contributed by atoms with Gasteiger partial charge in [-0.05, 0) is 43.9 Å². The molecule has 3 rings (SSSR count). The highest BCUT2D eigenvalue weighted by Crippen LogP contribution is 2.30. The van der Waals surface area contributed by atoms with E-state index in [0.717, 1.165) is 62.4 Å². The molecule has 1 amide bonds. The SMILES string of the molecule is COc1ccc(OC)c(CN2CCC(NC(=O)C3CC3)CC2)c1. The highest BCUT2D eigenvalue weighted by Gasteiger charge is 2.31. The largest absolute Gasteiger partial charge is 0.497 e. The zero-order valence-electron chi connectivity index (χ0n) is 14.0. The minimum Gasteiger partial charge on any atom is -0.497 e. The van der Waals surface area contributed by atoms with Crippen molar-refractivity contribution in [3.63, 3.8) is 0 Å². The summed E-state index contributed by atoms with van der Waals surface area (Å²) in [5, 5.41) is 3.20. The summed E-state index contributed by atoms with van der Waals surface area (Å²) in [4.78, 5) is 14.3. The van der Waals surface area contributed by atoms with E-state index in [2.05, 4.69) is 10.2 Å². The number of hydrogen-bond donors (Lipinski definition) is 1. The Morgan fingerprint density at radius 1 is 1.17 bits per heavy atom. The Labute approximate surface area is 137 Å². The van der Waals surface area contributed by atoms with Crippen LogP contribution in [0.15, 0.2) is 18.2 Å². The Morgan fingerprint density at radius 3 is 2.52 bits per heavy atom. The number of piperidine rings is 1. The Kier molecular flexibility index (Phi) is 5.06. The molecular formula is C18H26N2O3. The number of ether oxygens (including phenoxy) is 2. The summed E-state index contributed by atoms with van der Waals surface area (Å²) in [6, 6.07) is 6.25. The second-order valence-corrected chi connectivity index (χ2v) is 6.51. The van der Waals surface area contributed by atoms with Gasteiger partial charge in [-0.1, -0.05) is 0 Å². The van der Waals surface area contributed by atoms with Gasteiger partial charge in [-0.2, -0.15) is 0 Å². The molecule has 0 spiro atoms. The van der Waals surface area contributed by atoms with Crippen LogP contribution >= 0.6 is 0 Å². The maximum Gasteiger partial charge on any atom is 0.223 e. The summed E-state index contributed by atoms with van der Waals surface area (Å²) in [7, 11) is 3.38. The summed E-state index contributed by atoms with van der Waals surface area (Å²) in [6.45, 7) is 2.84. The minimum absolute atomic E-state index is 0.262. The molecule has 0 unspecified atom stereocenters. The first-order valence-corrected chi connectivity index (χ1v) is 8.43. The topological polar surface area (TPSA) is 50.8 Å². The molecule has 1 heterocycles. The van der Waals surface area contributed by atoms with Gasteiger partial charge in [0.15, 0.2) is 0 Å². The van der Waals surface area contributed by atoms with Gasteiger partial charge < -0.3 is 14.8 Å². The summed E-state index contributed by atoms with van der Waals surface area (Å²) < 4.78 is 10.8. The molecular weight excluding hydrogens is 292 g/mol. The van der Waals surface area contributed by atoms with E-state index in [9.17, 15) is 4.79 Å². The van der Waals surface area contributed by atoms with Crippen molar-refractivity contribution in [1.29, 1.82) is 0 Å². The van der Waals surface area contributed by atoms with Gasteiger partial charge in [-0.3, -0.25) is 9.69 Å². The number of hydrogen-bond acceptors (Lipinski definition) is 4. The number of nitrogens with one attached hydrogen (secondary N) is 1. The molecule has 0 aromatic heterocycles. The average molecular weight is 318 g/mol. The van der Waals surface area contributed by atoms with Crippen LogP contribution in [0.1, 0.15) is 31.2 Å². The number of nitrogens with zero attached hydrogens (tertiary/aromatic N) is 1. The van der Waals surface area contributed by atoms with Crippen LogP contribution in [0.2, 0.25) is 0 Å². The first-order valence-electron chi connectivity index (χ1n) is 8.43. The van der Waals surface area contributed by atoms with Gasteiger partial charge in [0.05, 0.1) is 14.2 Å². The number of methoxy groups -OCH3 is 2. The molecule has 5 nitrogen and oxygen atoms in total. The lowest BCUT2D eigenvalue weighted by molar-refractivity contribution is -0.123. The molecule has 5 heteroatoms. The van der Waals surface area contributed by atoms with Gasteiger partial charge in [0.1, 0.15) is 11.5 Å². The van der Waals surface area contributed by atoms with Gasteiger partial charge in [-0.15, -0.1) is 0 Å². The monoisotopic (exact) mass is 318 g/mol. The van der Waals surface area contributed by atoms with Gasteiger partial charge in [0.25, 0.3) is 0 Å². The van der Waals surface area contributed by atoms with E-state index in [-0.39, 0.29) is 5.91 Å². The lowest BCUT2D eigenvalue weighted by atomic mass is 10.0. The Morgan fingerprint density at radius 2 is 1.91 bits per heavy atom. The van der Waals surface area contributed by atoms with E-state index >= 15 is 0 Å². The molecule has 1 saturated heterocycles. The molecule has 1 N–H and O–H groups in total. The third-order valence-corrected chi connectivity index (χ3v) is 4.76. The summed E-state index contributed by atoms with van der Waals surface area (Å²) in [5.41, 5.74) is 1.15. The average Bonchev–Trinajstić information content (AvgIpc) is 3.41. The standard InChI is InChI=1S/C18H26N2O3/c1-22-16-5-6-17(23-2)14(11-16)12-20-9-7-15(8-10-20)19-18(21)13-3-4-13/h5-6,11,13,15H,3-4,7-10,12H2,1-2H3,(H,19,21). The zero-order valence-corrected chi connectivity index (χ0v) is 14.0. The third kappa shape index (κ3) is 4.16. The Bertz CT molecular complexity index is 549. The molecule has 2 fully saturated rings. The van der Waals surface area contributed by atoms with Gasteiger partial charge in [-0.25, -0.2) is 0 Å². The van der Waals surface area contributed by atoms with Crippen LogP contribution in [-0.2, 0) is 11.3 Å². The van der Waals surface area contributed by atoms with Crippen LogP contribution in [0.3, 0.4) is 0 Å². The lowest BCUT2D eigenvalue weighted by Gasteiger charge is -2.32. The molecule has 23 heavy (non-hydrogen) atoms. The van der Waals surface area contributed by atoms with Crippen molar-refractivity contribution in [3.8, 4) is 11.5 Å². The minimum atomic E-state index is 0.262. The van der Waals surface area contributed by atoms with E-state index in [1.807, 2.05) is 18.2 Å². The fourth-order valence-electron chi connectivity index (χ4n) is 3.15. The Hall–Kier alpha value is -1.75. The predicted octanol–water partition coefficient (Wildman–Crippen LogP) is 2.19. The third-order valence-electron chi connectivity index (χ3n) is 4.76. The fourth-order valence-corrected chi connectivity index (χ4v) is 3.15. The molecule has 0 radical (unpaired) electrons. The molecule has 0 atom stereocenters. The van der Waals surface area contributed by atoms with Crippen molar-refractivity contribution in [3.05, 3.63) is 23.8 Å². The molecule has 1 aliphatic heterocycles. The van der Waals surface area contributed by atoms with E-state index in [1.165, 1.54) is 0 Å². The van der Waals surface area contributed by atoms with Crippen LogP contribution in [0.25, 0.3) is 0 Å². The number of rotatable bonds is 6. The van der Waals surface area contributed by atoms with Crippen LogP contribution in [0.5, 0.6) is 11.5 Å². The molecule has 1 aromatic rings. The number of carbonyl (C=O) groups is 1. The highest BCUT2D eigenvalue weighted by atomic mass is 16.5. The first-order chi connectivity index (χ1) is 11.2. The molecule has 2 aliphatic rings. The van der Waals surface area contributed by atoms with Crippen LogP contribution in [0, 0.1) is 5.92 Å². The van der Waals surface area contributed by atoms with Gasteiger partial charge in [0, 0.05) is 37.2 Å². The van der Waals surface area contributed by atoms with Crippen LogP contribution in [0.4, 0.5) is 0 Å². The predicted molar refractivity (Wildman–Crippen MR) is 88.7 cm³/mol. The van der Waals surface area contributed by atoms with Crippen molar-refractivity contribution in [2.75, 3.05) is 27.3 Å². The second kappa shape index (κ2) is 7.21. The molecule has 1 aromatic carbocycles. The van der Waals surface area contributed by atoms with Crippen molar-refractivity contribution >= 4 is 5.91 Å². The highest BCUT2D eigenvalue weighted by molar-refractivity contribution is 5.81. The molecule has 1 aliphatic carbocycles. The maximum absolute atomic E-state index is 11.8. The van der Waals surface area contributed by atoms with Crippen molar-refractivity contribution in [2.45, 2.75) is 38.3 Å². The zero-order chi connectivity index (χ0) is 16.2. The molecule has 0 bridgehead atoms. The van der Waals surface area contributed by atoms with Crippen molar-refractivity contribution < 1.29 is 14.3 Å². The van der Waals surface area contributed by atoms with Gasteiger partial charge >= 0.3 is 0 Å². The summed E-state index contributed by atoms with van der Waals surface area (Å²) in [6.07, 6.45) is 4.18. The van der Waals surface area contributed by atoms with Crippen LogP contribution < -0.4 is 14.8 Å². The van der Waals surface area contributed by atoms with E-state index in [0.29, 0.717) is 12.0 Å². The quantitative estimate of drug-likeness (QED) is 0.873. The van der Waals surface area contributed by atoms with E-state index in [1.54, 1.807) is 14.2 Å². The number of carbonyl (C=O) groups excluding carboxylic acids is 1. The normalized spacial score (nSPS) is 19.4. The molecule has 1 saturated carbocycles. The lowest BCUT2D eigenvalue weighted by Crippen LogP contribution is -2.44. The summed E-state index contributed by atoms with van der Waals surface area (Å²) >= 11 is 0. The van der Waals surface area contributed by atoms with Crippen molar-refractivity contribution in [1.82, 2.24) is 10.2 Å². The number of likely N-dealkylation sites (tertiary alicyclic amines) is 1. The number of amides is 1. The first kappa shape index (κ1) is 16.1. The molecule has 126 valence electrons. The smallest absolute Gasteiger partial charge is 0.223 e. The Balaban J connectivity index is 1.53.